The van der Waals surface area contributed by atoms with Crippen LogP contribution in [-0.4, -0.2) is 45.3 Å². The molecule has 1 aliphatic carbocycles. The molecule has 0 aromatic carbocycles. The van der Waals surface area contributed by atoms with Gasteiger partial charge in [0.25, 0.3) is 0 Å². The van der Waals surface area contributed by atoms with Crippen LogP contribution in [-0.2, 0) is 14.3 Å². The number of carbonyl (C=O) groups excluding carboxylic acids is 2. The highest BCUT2D eigenvalue weighted by Crippen LogP contribution is 2.41. The first-order valence-corrected chi connectivity index (χ1v) is 13.2. The molecule has 6 atom stereocenters. The van der Waals surface area contributed by atoms with Crippen molar-refractivity contribution in [2.45, 2.75) is 98.9 Å². The number of esters is 1. The fourth-order valence-electron chi connectivity index (χ4n) is 5.60. The third kappa shape index (κ3) is 6.15. The Morgan fingerprint density at radius 3 is 2.39 bits per heavy atom. The SMILES string of the molecule is CC1=C[C@@H]2CC(c3ccc(C)cn3)=C(C)[C@H]2OC(=O)C[C@H](O)C(C)(C)C(=O)[C@H](C)[C@@H](O)[C@@H](C)CCC1. The molecule has 6 heteroatoms. The van der Waals surface area contributed by atoms with Crippen molar-refractivity contribution in [3.8, 4) is 0 Å². The zero-order chi connectivity index (χ0) is 26.8. The number of Topliss-reactive ketones (excluding diaryl/α,β-unsaturated/α-hetero) is 1. The van der Waals surface area contributed by atoms with Crippen molar-refractivity contribution in [1.82, 2.24) is 4.98 Å². The third-order valence-corrected chi connectivity index (χ3v) is 8.28. The summed E-state index contributed by atoms with van der Waals surface area (Å²) in [6.07, 6.45) is 4.60. The van der Waals surface area contributed by atoms with E-state index in [1.807, 2.05) is 39.1 Å². The molecule has 3 rings (SSSR count). The van der Waals surface area contributed by atoms with Gasteiger partial charge in [0.1, 0.15) is 11.9 Å². The second-order valence-electron chi connectivity index (χ2n) is 11.6. The number of hydrogen-bond donors (Lipinski definition) is 2. The van der Waals surface area contributed by atoms with Gasteiger partial charge in [0.2, 0.25) is 0 Å². The van der Waals surface area contributed by atoms with Gasteiger partial charge in [-0.05, 0) is 75.1 Å². The van der Waals surface area contributed by atoms with Gasteiger partial charge >= 0.3 is 5.97 Å². The summed E-state index contributed by atoms with van der Waals surface area (Å²) in [5.74, 6) is -1.48. The van der Waals surface area contributed by atoms with Gasteiger partial charge in [-0.3, -0.25) is 14.6 Å². The van der Waals surface area contributed by atoms with E-state index in [1.165, 1.54) is 5.57 Å². The van der Waals surface area contributed by atoms with Crippen LogP contribution in [0, 0.1) is 30.1 Å². The number of ether oxygens (including phenoxy) is 1. The Labute approximate surface area is 215 Å². The summed E-state index contributed by atoms with van der Waals surface area (Å²) in [6, 6.07) is 4.04. The van der Waals surface area contributed by atoms with Gasteiger partial charge in [-0.2, -0.15) is 0 Å². The average Bonchev–Trinajstić information content (AvgIpc) is 3.11. The molecule has 0 fully saturated rings. The molecular formula is C30H43NO5. The molecule has 0 spiro atoms. The van der Waals surface area contributed by atoms with Gasteiger partial charge in [0.05, 0.1) is 29.7 Å². The molecule has 36 heavy (non-hydrogen) atoms. The Bertz CT molecular complexity index is 1020. The average molecular weight is 498 g/mol. The van der Waals surface area contributed by atoms with Gasteiger partial charge in [-0.15, -0.1) is 0 Å². The molecule has 1 aromatic rings. The topological polar surface area (TPSA) is 96.7 Å². The highest BCUT2D eigenvalue weighted by Gasteiger charge is 2.43. The molecule has 6 nitrogen and oxygen atoms in total. The molecule has 0 bridgehead atoms. The number of rotatable bonds is 1. The Kier molecular flexibility index (Phi) is 8.94. The normalized spacial score (nSPS) is 32.6. The third-order valence-electron chi connectivity index (χ3n) is 8.28. The van der Waals surface area contributed by atoms with Crippen molar-refractivity contribution in [3.63, 3.8) is 0 Å². The molecule has 2 aliphatic rings. The number of aryl methyl sites for hydroxylation is 1. The predicted octanol–water partition coefficient (Wildman–Crippen LogP) is 5.20. The van der Waals surface area contributed by atoms with Crippen LogP contribution in [0.15, 0.2) is 35.6 Å². The van der Waals surface area contributed by atoms with Crippen molar-refractivity contribution in [1.29, 1.82) is 0 Å². The number of aromatic nitrogens is 1. The molecule has 0 saturated heterocycles. The monoisotopic (exact) mass is 497 g/mol. The van der Waals surface area contributed by atoms with Gasteiger partial charge in [-0.1, -0.05) is 45.4 Å². The van der Waals surface area contributed by atoms with Crippen molar-refractivity contribution in [2.75, 3.05) is 0 Å². The van der Waals surface area contributed by atoms with Gasteiger partial charge < -0.3 is 14.9 Å². The number of aliphatic hydroxyl groups excluding tert-OH is 2. The maximum atomic E-state index is 13.2. The molecule has 2 heterocycles. The fourth-order valence-corrected chi connectivity index (χ4v) is 5.60. The summed E-state index contributed by atoms with van der Waals surface area (Å²) in [7, 11) is 0. The molecule has 2 N–H and O–H groups in total. The summed E-state index contributed by atoms with van der Waals surface area (Å²) in [5.41, 5.74) is 4.06. The van der Waals surface area contributed by atoms with Crippen LogP contribution < -0.4 is 0 Å². The second kappa shape index (κ2) is 11.4. The van der Waals surface area contributed by atoms with Gasteiger partial charge in [0.15, 0.2) is 0 Å². The van der Waals surface area contributed by atoms with E-state index in [2.05, 4.69) is 18.0 Å². The van der Waals surface area contributed by atoms with E-state index in [-0.39, 0.29) is 24.0 Å². The fraction of sp³-hybridized carbons (Fsp3) is 0.633. The van der Waals surface area contributed by atoms with Crippen LogP contribution in [0.25, 0.3) is 5.57 Å². The van der Waals surface area contributed by atoms with E-state index >= 15 is 0 Å². The number of aliphatic hydroxyl groups is 2. The van der Waals surface area contributed by atoms with Crippen LogP contribution in [0.2, 0.25) is 0 Å². The van der Waals surface area contributed by atoms with E-state index in [9.17, 15) is 19.8 Å². The van der Waals surface area contributed by atoms with E-state index in [0.717, 1.165) is 48.1 Å². The molecule has 0 saturated carbocycles. The number of allylic oxidation sites excluding steroid dienone is 2. The summed E-state index contributed by atoms with van der Waals surface area (Å²) >= 11 is 0. The quantitative estimate of drug-likeness (QED) is 0.409. The molecular weight excluding hydrogens is 454 g/mol. The molecule has 198 valence electrons. The zero-order valence-corrected chi connectivity index (χ0v) is 22.9. The number of nitrogens with zero attached hydrogens (tertiary/aromatic N) is 1. The van der Waals surface area contributed by atoms with Gasteiger partial charge in [-0.25, -0.2) is 0 Å². The van der Waals surface area contributed by atoms with Crippen LogP contribution in [0.5, 0.6) is 0 Å². The van der Waals surface area contributed by atoms with Crippen LogP contribution in [0.1, 0.15) is 84.9 Å². The second-order valence-corrected chi connectivity index (χ2v) is 11.6. The Hall–Kier alpha value is -2.31. The van der Waals surface area contributed by atoms with Crippen molar-refractivity contribution in [3.05, 3.63) is 46.8 Å². The Morgan fingerprint density at radius 1 is 1.06 bits per heavy atom. The lowest BCUT2D eigenvalue weighted by molar-refractivity contribution is -0.155. The maximum absolute atomic E-state index is 13.2. The minimum atomic E-state index is -1.21. The number of carbonyl (C=O) groups is 2. The summed E-state index contributed by atoms with van der Waals surface area (Å²) in [6.45, 7) is 13.1. The Balaban J connectivity index is 1.95. The standard InChI is InChI=1S/C30H43NO5/c1-17-9-8-10-19(3)27(34)21(5)29(35)30(6,7)25(32)15-26(33)36-28-20(4)23(14-22(28)13-17)24-12-11-18(2)16-31-24/h11-13,16,19,21-22,25,27-28,32,34H,8-10,14-15H2,1-7H3/t19-,21+,22+,25-,27-,28+/m0/s1. The van der Waals surface area contributed by atoms with Crippen LogP contribution in [0.3, 0.4) is 0 Å². The lowest BCUT2D eigenvalue weighted by Gasteiger charge is -2.34. The number of fused-ring (bicyclic) bond motifs is 1. The van der Waals surface area contributed by atoms with Gasteiger partial charge in [0, 0.05) is 18.0 Å². The maximum Gasteiger partial charge on any atom is 0.309 e. The van der Waals surface area contributed by atoms with E-state index in [0.29, 0.717) is 0 Å². The highest BCUT2D eigenvalue weighted by molar-refractivity contribution is 5.88. The van der Waals surface area contributed by atoms with Crippen LogP contribution >= 0.6 is 0 Å². The number of pyridine rings is 1. The summed E-state index contributed by atoms with van der Waals surface area (Å²) < 4.78 is 5.99. The van der Waals surface area contributed by atoms with Crippen molar-refractivity contribution >= 4 is 17.3 Å². The number of ketones is 1. The van der Waals surface area contributed by atoms with Crippen molar-refractivity contribution in [2.24, 2.45) is 23.2 Å². The smallest absolute Gasteiger partial charge is 0.309 e. The summed E-state index contributed by atoms with van der Waals surface area (Å²) in [5, 5.41) is 21.8. The van der Waals surface area contributed by atoms with Crippen molar-refractivity contribution < 1.29 is 24.5 Å². The minimum absolute atomic E-state index is 0.0187. The molecule has 0 amide bonds. The first kappa shape index (κ1) is 28.3. The summed E-state index contributed by atoms with van der Waals surface area (Å²) in [4.78, 5) is 30.9. The minimum Gasteiger partial charge on any atom is -0.457 e. The van der Waals surface area contributed by atoms with Crippen LogP contribution in [0.4, 0.5) is 0 Å². The van der Waals surface area contributed by atoms with E-state index in [4.69, 9.17) is 4.74 Å². The predicted molar refractivity (Wildman–Crippen MR) is 141 cm³/mol. The lowest BCUT2D eigenvalue weighted by atomic mass is 9.73. The highest BCUT2D eigenvalue weighted by atomic mass is 16.5. The molecule has 0 unspecified atom stereocenters. The first-order valence-electron chi connectivity index (χ1n) is 13.2. The van der Waals surface area contributed by atoms with E-state index < -0.39 is 35.6 Å². The Morgan fingerprint density at radius 2 is 1.75 bits per heavy atom. The first-order chi connectivity index (χ1) is 16.8. The molecule has 0 radical (unpaired) electrons. The zero-order valence-electron chi connectivity index (χ0n) is 22.9. The van der Waals surface area contributed by atoms with E-state index in [1.54, 1.807) is 20.8 Å². The molecule has 1 aromatic heterocycles. The largest absolute Gasteiger partial charge is 0.457 e. The number of hydrogen-bond acceptors (Lipinski definition) is 6. The lowest BCUT2D eigenvalue weighted by Crippen LogP contribution is -2.45. The molecule has 1 aliphatic heterocycles.